The summed E-state index contributed by atoms with van der Waals surface area (Å²) in [4.78, 5) is 57.4. The number of nitrogens with zero attached hydrogens (tertiary/aromatic N) is 2. The van der Waals surface area contributed by atoms with Crippen LogP contribution in [-0.4, -0.2) is 70.9 Å². The molecule has 50 heavy (non-hydrogen) atoms. The van der Waals surface area contributed by atoms with Crippen molar-refractivity contribution in [3.8, 4) is 16.9 Å². The third-order valence-corrected chi connectivity index (χ3v) is 8.17. The summed E-state index contributed by atoms with van der Waals surface area (Å²) in [5.41, 5.74) is 2.68. The number of phenols is 1. The fourth-order valence-corrected chi connectivity index (χ4v) is 5.62. The molecule has 0 fully saturated rings. The lowest BCUT2D eigenvalue weighted by atomic mass is 9.87. The van der Waals surface area contributed by atoms with E-state index < -0.39 is 47.9 Å². The minimum atomic E-state index is -1.19. The van der Waals surface area contributed by atoms with Gasteiger partial charge in [0.15, 0.2) is 5.78 Å². The summed E-state index contributed by atoms with van der Waals surface area (Å²) in [5, 5.41) is 24.6. The standard InChI is InChI=1S/C39H45N3O8/c1-25-18-19-40-35(21-25)42(38(48)50-39(2,3)4)20-8-11-36(46)41-32(24-43)34(45)22-28(23-37(47)49-5)26-12-14-27(15-13-26)29-16-17-33(44)31-10-7-6-9-30(29)31/h6-7,9-10,12-19,21,28,32,43-44H,8,11,20,22-24H2,1-5H3,(H,41,46)/t28-,32-/m0/s1. The molecule has 11 heteroatoms. The Morgan fingerprint density at radius 1 is 0.940 bits per heavy atom. The van der Waals surface area contributed by atoms with E-state index in [9.17, 15) is 29.4 Å². The van der Waals surface area contributed by atoms with Crippen LogP contribution in [0.3, 0.4) is 0 Å². The van der Waals surface area contributed by atoms with E-state index in [0.29, 0.717) is 11.4 Å². The zero-order valence-electron chi connectivity index (χ0n) is 29.1. The summed E-state index contributed by atoms with van der Waals surface area (Å²) in [6.07, 6.45) is 0.984. The normalized spacial score (nSPS) is 12.5. The van der Waals surface area contributed by atoms with Gasteiger partial charge >= 0.3 is 12.1 Å². The molecule has 0 aliphatic heterocycles. The number of pyridine rings is 1. The Morgan fingerprint density at radius 3 is 2.28 bits per heavy atom. The second kappa shape index (κ2) is 16.9. The van der Waals surface area contributed by atoms with Gasteiger partial charge in [0.05, 0.1) is 20.1 Å². The molecule has 0 saturated heterocycles. The molecule has 4 aromatic rings. The van der Waals surface area contributed by atoms with Crippen LogP contribution in [0, 0.1) is 6.92 Å². The highest BCUT2D eigenvalue weighted by Crippen LogP contribution is 2.35. The summed E-state index contributed by atoms with van der Waals surface area (Å²) in [5.74, 6) is -1.42. The van der Waals surface area contributed by atoms with E-state index in [1.807, 2.05) is 61.5 Å². The summed E-state index contributed by atoms with van der Waals surface area (Å²) in [6, 6.07) is 20.8. The molecule has 2 amide bonds. The Kier molecular flexibility index (Phi) is 12.7. The van der Waals surface area contributed by atoms with Crippen molar-refractivity contribution in [1.82, 2.24) is 10.3 Å². The minimum absolute atomic E-state index is 0.0338. The van der Waals surface area contributed by atoms with Crippen molar-refractivity contribution >= 4 is 40.3 Å². The number of aliphatic hydroxyl groups excluding tert-OH is 1. The SMILES string of the molecule is COC(=O)C[C@H](CC(=O)[C@H](CO)NC(=O)CCCN(C(=O)OC(C)(C)C)c1cc(C)ccn1)c1ccc(-c2ccc(O)c3ccccc23)cc1. The maximum atomic E-state index is 13.4. The number of fused-ring (bicyclic) bond motifs is 1. The molecule has 4 rings (SSSR count). The second-order valence-corrected chi connectivity index (χ2v) is 13.2. The van der Waals surface area contributed by atoms with Crippen LogP contribution < -0.4 is 10.2 Å². The van der Waals surface area contributed by atoms with Crippen LogP contribution in [0.15, 0.2) is 79.0 Å². The number of aromatic nitrogens is 1. The van der Waals surface area contributed by atoms with Gasteiger partial charge in [0.25, 0.3) is 0 Å². The molecule has 0 saturated carbocycles. The molecular formula is C39H45N3O8. The lowest BCUT2D eigenvalue weighted by molar-refractivity contribution is -0.141. The molecule has 11 nitrogen and oxygen atoms in total. The number of ketones is 1. The van der Waals surface area contributed by atoms with Crippen molar-refractivity contribution in [2.75, 3.05) is 25.2 Å². The van der Waals surface area contributed by atoms with Gasteiger partial charge in [-0.3, -0.25) is 19.3 Å². The number of methoxy groups -OCH3 is 1. The van der Waals surface area contributed by atoms with Crippen molar-refractivity contribution < 1.29 is 38.9 Å². The number of hydrogen-bond acceptors (Lipinski definition) is 9. The Hall–Kier alpha value is -5.29. The van der Waals surface area contributed by atoms with Gasteiger partial charge in [-0.05, 0) is 80.0 Å². The third kappa shape index (κ3) is 10.1. The van der Waals surface area contributed by atoms with Crippen LogP contribution >= 0.6 is 0 Å². The predicted molar refractivity (Wildman–Crippen MR) is 191 cm³/mol. The van der Waals surface area contributed by atoms with Gasteiger partial charge < -0.3 is 25.0 Å². The average molecular weight is 684 g/mol. The van der Waals surface area contributed by atoms with Crippen LogP contribution in [0.5, 0.6) is 5.75 Å². The number of aromatic hydroxyl groups is 1. The summed E-state index contributed by atoms with van der Waals surface area (Å²) in [6.45, 7) is 6.67. The average Bonchev–Trinajstić information content (AvgIpc) is 3.08. The first-order valence-electron chi connectivity index (χ1n) is 16.5. The Morgan fingerprint density at radius 2 is 1.64 bits per heavy atom. The van der Waals surface area contributed by atoms with Gasteiger partial charge in [0.2, 0.25) is 5.91 Å². The number of carbonyl (C=O) groups is 4. The number of anilines is 1. The van der Waals surface area contributed by atoms with Crippen LogP contribution in [0.2, 0.25) is 0 Å². The molecule has 3 aromatic carbocycles. The molecule has 2 atom stereocenters. The van der Waals surface area contributed by atoms with E-state index in [2.05, 4.69) is 10.3 Å². The van der Waals surface area contributed by atoms with Gasteiger partial charge in [-0.2, -0.15) is 0 Å². The van der Waals surface area contributed by atoms with E-state index in [4.69, 9.17) is 9.47 Å². The summed E-state index contributed by atoms with van der Waals surface area (Å²) in [7, 11) is 1.27. The highest BCUT2D eigenvalue weighted by Gasteiger charge is 2.28. The number of rotatable bonds is 14. The monoisotopic (exact) mass is 683 g/mol. The van der Waals surface area contributed by atoms with Gasteiger partial charge in [-0.15, -0.1) is 0 Å². The minimum Gasteiger partial charge on any atom is -0.507 e. The fourth-order valence-electron chi connectivity index (χ4n) is 5.62. The van der Waals surface area contributed by atoms with Crippen molar-refractivity contribution in [3.05, 3.63) is 90.1 Å². The van der Waals surface area contributed by atoms with Crippen molar-refractivity contribution in [3.63, 3.8) is 0 Å². The predicted octanol–water partition coefficient (Wildman–Crippen LogP) is 6.22. The zero-order chi connectivity index (χ0) is 36.4. The first-order chi connectivity index (χ1) is 23.8. The number of amides is 2. The molecule has 0 bridgehead atoms. The highest BCUT2D eigenvalue weighted by molar-refractivity contribution is 6.00. The maximum Gasteiger partial charge on any atom is 0.416 e. The molecule has 1 heterocycles. The van der Waals surface area contributed by atoms with E-state index in [0.717, 1.165) is 27.5 Å². The van der Waals surface area contributed by atoms with Crippen molar-refractivity contribution in [2.45, 2.75) is 70.9 Å². The Bertz CT molecular complexity index is 1820. The number of ether oxygens (including phenoxy) is 2. The van der Waals surface area contributed by atoms with E-state index >= 15 is 0 Å². The smallest absolute Gasteiger partial charge is 0.416 e. The van der Waals surface area contributed by atoms with Crippen molar-refractivity contribution in [2.24, 2.45) is 0 Å². The molecule has 264 valence electrons. The fraction of sp³-hybridized carbons (Fsp3) is 0.359. The van der Waals surface area contributed by atoms with Gasteiger partial charge in [-0.1, -0.05) is 54.6 Å². The molecule has 0 radical (unpaired) electrons. The number of carbonyl (C=O) groups excluding carboxylic acids is 4. The third-order valence-electron chi connectivity index (χ3n) is 8.17. The van der Waals surface area contributed by atoms with E-state index in [1.165, 1.54) is 12.0 Å². The highest BCUT2D eigenvalue weighted by atomic mass is 16.6. The molecule has 0 spiro atoms. The van der Waals surface area contributed by atoms with Crippen molar-refractivity contribution in [1.29, 1.82) is 0 Å². The number of aryl methyl sites for hydroxylation is 1. The number of esters is 1. The van der Waals surface area contributed by atoms with Gasteiger partial charge in [0.1, 0.15) is 23.2 Å². The first kappa shape index (κ1) is 37.5. The number of phenolic OH excluding ortho intramolecular Hbond substituents is 1. The Labute approximate surface area is 292 Å². The largest absolute Gasteiger partial charge is 0.507 e. The Balaban J connectivity index is 1.42. The van der Waals surface area contributed by atoms with Crippen LogP contribution in [0.4, 0.5) is 10.6 Å². The van der Waals surface area contributed by atoms with E-state index in [-0.39, 0.29) is 38.0 Å². The topological polar surface area (TPSA) is 155 Å². The van der Waals surface area contributed by atoms with Gasteiger partial charge in [-0.25, -0.2) is 9.78 Å². The maximum absolute atomic E-state index is 13.4. The number of Topliss-reactive ketones (excluding diaryl/α,β-unsaturated/α-hetero) is 1. The lowest BCUT2D eigenvalue weighted by Gasteiger charge is -2.27. The van der Waals surface area contributed by atoms with Crippen LogP contribution in [-0.2, 0) is 23.9 Å². The first-order valence-corrected chi connectivity index (χ1v) is 16.5. The molecule has 0 aliphatic carbocycles. The molecule has 0 unspecified atom stereocenters. The summed E-state index contributed by atoms with van der Waals surface area (Å²) < 4.78 is 10.4. The number of aliphatic hydroxyl groups is 1. The molecular weight excluding hydrogens is 638 g/mol. The van der Waals surface area contributed by atoms with Gasteiger partial charge in [0, 0.05) is 36.9 Å². The van der Waals surface area contributed by atoms with Crippen LogP contribution in [0.1, 0.15) is 63.5 Å². The van der Waals surface area contributed by atoms with Crippen LogP contribution in [0.25, 0.3) is 21.9 Å². The second-order valence-electron chi connectivity index (χ2n) is 13.2. The quantitative estimate of drug-likeness (QED) is 0.131. The van der Waals surface area contributed by atoms with E-state index in [1.54, 1.807) is 45.2 Å². The molecule has 1 aromatic heterocycles. The molecule has 3 N–H and O–H groups in total. The number of hydrogen-bond donors (Lipinski definition) is 3. The number of nitrogens with one attached hydrogen (secondary N) is 1. The zero-order valence-corrected chi connectivity index (χ0v) is 29.1. The molecule has 0 aliphatic rings. The number of benzene rings is 3. The lowest BCUT2D eigenvalue weighted by Crippen LogP contribution is -2.44. The summed E-state index contributed by atoms with van der Waals surface area (Å²) >= 11 is 0.